The molecule has 0 aliphatic heterocycles. The van der Waals surface area contributed by atoms with Crippen molar-refractivity contribution >= 4 is 25.5 Å². The fourth-order valence-corrected chi connectivity index (χ4v) is 3.95. The number of hydrogen-bond acceptors (Lipinski definition) is 4. The largest absolute Gasteiger partial charge is 0.280 e. The first-order chi connectivity index (χ1) is 11.1. The molecule has 2 aromatic carbocycles. The third kappa shape index (κ3) is 4.82. The lowest BCUT2D eigenvalue weighted by Crippen LogP contribution is -2.13. The summed E-state index contributed by atoms with van der Waals surface area (Å²) >= 11 is 0. The molecule has 2 aromatic rings. The average Bonchev–Trinajstić information content (AvgIpc) is 2.46. The number of sulfonamides is 1. The van der Waals surface area contributed by atoms with Crippen LogP contribution in [0.4, 0.5) is 5.69 Å². The highest BCUT2D eigenvalue weighted by Crippen LogP contribution is 2.19. The van der Waals surface area contributed by atoms with Crippen LogP contribution >= 0.6 is 0 Å². The normalized spacial score (nSPS) is 12.3. The summed E-state index contributed by atoms with van der Waals surface area (Å²) in [5.74, 6) is 0.499. The van der Waals surface area contributed by atoms with Crippen LogP contribution in [-0.2, 0) is 26.3 Å². The van der Waals surface area contributed by atoms with Crippen LogP contribution in [0.5, 0.6) is 0 Å². The smallest absolute Gasteiger partial charge is 0.261 e. The zero-order valence-corrected chi connectivity index (χ0v) is 15.5. The Labute approximate surface area is 143 Å². The molecule has 1 N–H and O–H groups in total. The van der Waals surface area contributed by atoms with Crippen LogP contribution < -0.4 is 4.72 Å². The Hall–Kier alpha value is -1.86. The minimum Gasteiger partial charge on any atom is -0.280 e. The Morgan fingerprint density at radius 1 is 0.833 bits per heavy atom. The maximum absolute atomic E-state index is 12.4. The monoisotopic (exact) mass is 367 g/mol. The zero-order valence-electron chi connectivity index (χ0n) is 13.9. The van der Waals surface area contributed by atoms with Crippen LogP contribution in [0, 0.1) is 5.92 Å². The molecule has 2 rings (SSSR count). The van der Waals surface area contributed by atoms with Crippen molar-refractivity contribution in [1.29, 1.82) is 0 Å². The summed E-state index contributed by atoms with van der Waals surface area (Å²) in [7, 11) is -7.01. The summed E-state index contributed by atoms with van der Waals surface area (Å²) < 4.78 is 50.1. The topological polar surface area (TPSA) is 80.3 Å². The molecule has 5 nitrogen and oxygen atoms in total. The number of rotatable bonds is 6. The first-order valence-electron chi connectivity index (χ1n) is 7.50. The van der Waals surface area contributed by atoms with Gasteiger partial charge in [0.05, 0.1) is 9.79 Å². The number of benzene rings is 2. The van der Waals surface area contributed by atoms with E-state index in [4.69, 9.17) is 0 Å². The highest BCUT2D eigenvalue weighted by molar-refractivity contribution is 7.92. The second-order valence-corrected chi connectivity index (χ2v) is 9.84. The van der Waals surface area contributed by atoms with Gasteiger partial charge in [-0.3, -0.25) is 4.72 Å². The fraction of sp³-hybridized carbons (Fsp3) is 0.294. The van der Waals surface area contributed by atoms with Crippen LogP contribution in [-0.4, -0.2) is 23.1 Å². The van der Waals surface area contributed by atoms with Gasteiger partial charge in [-0.25, -0.2) is 16.8 Å². The van der Waals surface area contributed by atoms with Gasteiger partial charge in [-0.15, -0.1) is 0 Å². The van der Waals surface area contributed by atoms with E-state index in [0.29, 0.717) is 11.6 Å². The molecular formula is C17H21NO4S2. The molecule has 0 aliphatic carbocycles. The third-order valence-electron chi connectivity index (χ3n) is 3.41. The second kappa shape index (κ2) is 6.94. The summed E-state index contributed by atoms with van der Waals surface area (Å²) in [6.45, 7) is 4.21. The first-order valence-corrected chi connectivity index (χ1v) is 10.9. The minimum absolute atomic E-state index is 0.142. The van der Waals surface area contributed by atoms with Crippen molar-refractivity contribution in [3.05, 3.63) is 54.1 Å². The molecule has 7 heteroatoms. The molecule has 0 atom stereocenters. The van der Waals surface area contributed by atoms with Gasteiger partial charge in [-0.2, -0.15) is 0 Å². The molecule has 0 saturated carbocycles. The van der Waals surface area contributed by atoms with Gasteiger partial charge < -0.3 is 0 Å². The van der Waals surface area contributed by atoms with Crippen LogP contribution in [0.1, 0.15) is 19.4 Å². The zero-order chi connectivity index (χ0) is 18.0. The Kier molecular flexibility index (Phi) is 5.35. The Balaban J connectivity index is 2.19. The molecule has 0 amide bonds. The summed E-state index contributed by atoms with van der Waals surface area (Å²) in [6.07, 6.45) is 1.99. The molecule has 0 spiro atoms. The highest BCUT2D eigenvalue weighted by Gasteiger charge is 2.15. The van der Waals surface area contributed by atoms with E-state index in [1.165, 1.54) is 24.3 Å². The van der Waals surface area contributed by atoms with E-state index in [1.807, 2.05) is 0 Å². The lowest BCUT2D eigenvalue weighted by atomic mass is 10.0. The molecular weight excluding hydrogens is 346 g/mol. The van der Waals surface area contributed by atoms with Gasteiger partial charge in [0.15, 0.2) is 9.84 Å². The van der Waals surface area contributed by atoms with Crippen LogP contribution in [0.2, 0.25) is 0 Å². The summed E-state index contributed by atoms with van der Waals surface area (Å²) in [5.41, 5.74) is 1.40. The van der Waals surface area contributed by atoms with Gasteiger partial charge in [0, 0.05) is 11.9 Å². The molecule has 0 saturated heterocycles. The maximum atomic E-state index is 12.4. The molecule has 24 heavy (non-hydrogen) atoms. The second-order valence-electron chi connectivity index (χ2n) is 6.14. The lowest BCUT2D eigenvalue weighted by molar-refractivity contribution is 0.600. The van der Waals surface area contributed by atoms with E-state index in [0.717, 1.165) is 18.2 Å². The van der Waals surface area contributed by atoms with Gasteiger partial charge in [0.25, 0.3) is 10.0 Å². The first kappa shape index (κ1) is 18.5. The molecule has 0 aliphatic rings. The van der Waals surface area contributed by atoms with E-state index < -0.39 is 19.9 Å². The van der Waals surface area contributed by atoms with Crippen molar-refractivity contribution in [2.45, 2.75) is 30.1 Å². The van der Waals surface area contributed by atoms with Gasteiger partial charge in [-0.1, -0.05) is 26.0 Å². The highest BCUT2D eigenvalue weighted by atomic mass is 32.2. The SMILES string of the molecule is CC(C)Cc1ccc(S(=O)(=O)Nc2ccc(S(C)(=O)=O)cc2)cc1. The fourth-order valence-electron chi connectivity index (χ4n) is 2.26. The van der Waals surface area contributed by atoms with E-state index >= 15 is 0 Å². The standard InChI is InChI=1S/C17H21NO4S2/c1-13(2)12-14-4-8-17(9-5-14)24(21,22)18-15-6-10-16(11-7-15)23(3,19)20/h4-11,13,18H,12H2,1-3H3. The van der Waals surface area contributed by atoms with Gasteiger partial charge >= 0.3 is 0 Å². The Morgan fingerprint density at radius 2 is 1.33 bits per heavy atom. The number of sulfone groups is 1. The number of hydrogen-bond donors (Lipinski definition) is 1. The minimum atomic E-state index is -3.71. The van der Waals surface area contributed by atoms with Crippen molar-refractivity contribution in [3.8, 4) is 0 Å². The van der Waals surface area contributed by atoms with Crippen LogP contribution in [0.25, 0.3) is 0 Å². The molecule has 0 fully saturated rings. The van der Waals surface area contributed by atoms with E-state index in [-0.39, 0.29) is 9.79 Å². The van der Waals surface area contributed by atoms with Gasteiger partial charge in [0.1, 0.15) is 0 Å². The van der Waals surface area contributed by atoms with Crippen molar-refractivity contribution in [3.63, 3.8) is 0 Å². The van der Waals surface area contributed by atoms with Gasteiger partial charge in [0.2, 0.25) is 0 Å². The van der Waals surface area contributed by atoms with Crippen LogP contribution in [0.3, 0.4) is 0 Å². The van der Waals surface area contributed by atoms with E-state index in [9.17, 15) is 16.8 Å². The molecule has 0 radical (unpaired) electrons. The Morgan fingerprint density at radius 3 is 1.79 bits per heavy atom. The van der Waals surface area contributed by atoms with Crippen molar-refractivity contribution in [1.82, 2.24) is 0 Å². The number of anilines is 1. The molecule has 0 aromatic heterocycles. The average molecular weight is 367 g/mol. The van der Waals surface area contributed by atoms with Crippen LogP contribution in [0.15, 0.2) is 58.3 Å². The Bertz CT molecular complexity index is 898. The quantitative estimate of drug-likeness (QED) is 0.851. The summed E-state index contributed by atoms with van der Waals surface area (Å²) in [5, 5.41) is 0. The van der Waals surface area contributed by atoms with Gasteiger partial charge in [-0.05, 0) is 54.3 Å². The summed E-state index contributed by atoms with van der Waals surface area (Å²) in [4.78, 5) is 0.311. The predicted octanol–water partition coefficient (Wildman–Crippen LogP) is 3.09. The van der Waals surface area contributed by atoms with Crippen molar-refractivity contribution in [2.24, 2.45) is 5.92 Å². The van der Waals surface area contributed by atoms with E-state index in [2.05, 4.69) is 18.6 Å². The lowest BCUT2D eigenvalue weighted by Gasteiger charge is -2.10. The molecule has 0 bridgehead atoms. The van der Waals surface area contributed by atoms with E-state index in [1.54, 1.807) is 24.3 Å². The third-order valence-corrected chi connectivity index (χ3v) is 5.94. The number of nitrogens with one attached hydrogen (secondary N) is 1. The molecule has 0 heterocycles. The molecule has 130 valence electrons. The maximum Gasteiger partial charge on any atom is 0.261 e. The van der Waals surface area contributed by atoms with Crippen molar-refractivity contribution < 1.29 is 16.8 Å². The van der Waals surface area contributed by atoms with Crippen molar-refractivity contribution in [2.75, 3.05) is 11.0 Å². The molecule has 0 unspecified atom stereocenters. The predicted molar refractivity (Wildman–Crippen MR) is 95.3 cm³/mol. The summed E-state index contributed by atoms with van der Waals surface area (Å²) in [6, 6.07) is 12.4.